The van der Waals surface area contributed by atoms with Gasteiger partial charge < -0.3 is 19.3 Å². The zero-order chi connectivity index (χ0) is 29.6. The van der Waals surface area contributed by atoms with Crippen molar-refractivity contribution < 1.29 is 28.5 Å². The van der Waals surface area contributed by atoms with E-state index in [9.17, 15) is 14.3 Å². The van der Waals surface area contributed by atoms with Crippen LogP contribution in [0.25, 0.3) is 43.0 Å². The lowest BCUT2D eigenvalue weighted by Crippen LogP contribution is -2.28. The first-order valence-corrected chi connectivity index (χ1v) is 14.5. The van der Waals surface area contributed by atoms with Crippen LogP contribution < -0.4 is 9.47 Å². The lowest BCUT2D eigenvalue weighted by atomic mass is 9.91. The third-order valence-electron chi connectivity index (χ3n) is 7.01. The Kier molecular flexibility index (Phi) is 7.20. The van der Waals surface area contributed by atoms with Gasteiger partial charge in [0.2, 0.25) is 0 Å². The van der Waals surface area contributed by atoms with Crippen LogP contribution in [0.1, 0.15) is 38.0 Å². The highest BCUT2D eigenvalue weighted by atomic mass is 32.1. The van der Waals surface area contributed by atoms with Crippen LogP contribution in [0.2, 0.25) is 0 Å². The van der Waals surface area contributed by atoms with Crippen molar-refractivity contribution in [2.24, 2.45) is 0 Å². The summed E-state index contributed by atoms with van der Waals surface area (Å²) < 4.78 is 33.2. The Bertz CT molecular complexity index is 1820. The summed E-state index contributed by atoms with van der Waals surface area (Å²) in [6.45, 7) is 8.31. The van der Waals surface area contributed by atoms with Crippen LogP contribution in [0.3, 0.4) is 0 Å². The van der Waals surface area contributed by atoms with Crippen molar-refractivity contribution in [1.29, 1.82) is 0 Å². The Hall–Kier alpha value is -4.27. The number of carboxylic acids is 1. The molecule has 1 aliphatic heterocycles. The lowest BCUT2D eigenvalue weighted by molar-refractivity contribution is -0.160. The standard InChI is InChI=1S/C34H30FNO5S/c1-19-16-25-31(42-32(36-25)22-9-7-8-20(17-22)23-10-5-6-11-24(23)35)29(28(19)30(33(37)38)41-34(2,3)4)21-12-13-26-27(18-21)40-15-14-39-26/h5-13,16-18,30H,14-15H2,1-4H3,(H,37,38)/t30-/m0/s1. The molecule has 0 radical (unpaired) electrons. The number of rotatable bonds is 6. The van der Waals surface area contributed by atoms with Crippen molar-refractivity contribution in [2.45, 2.75) is 39.4 Å². The zero-order valence-electron chi connectivity index (χ0n) is 23.7. The van der Waals surface area contributed by atoms with Crippen molar-refractivity contribution in [1.82, 2.24) is 4.98 Å². The number of halogens is 1. The highest BCUT2D eigenvalue weighted by molar-refractivity contribution is 7.22. The minimum Gasteiger partial charge on any atom is -0.486 e. The maximum Gasteiger partial charge on any atom is 0.337 e. The van der Waals surface area contributed by atoms with Crippen LogP contribution in [0.5, 0.6) is 11.5 Å². The van der Waals surface area contributed by atoms with E-state index in [1.54, 1.807) is 12.1 Å². The molecular formula is C34H30FNO5S. The molecule has 6 nitrogen and oxygen atoms in total. The zero-order valence-corrected chi connectivity index (χ0v) is 24.5. The second-order valence-electron chi connectivity index (χ2n) is 11.2. The predicted octanol–water partition coefficient (Wildman–Crippen LogP) is 8.46. The number of aryl methyl sites for hydroxylation is 1. The molecule has 214 valence electrons. The maximum absolute atomic E-state index is 14.6. The van der Waals surface area contributed by atoms with Gasteiger partial charge in [-0.05, 0) is 74.7 Å². The third-order valence-corrected chi connectivity index (χ3v) is 8.15. The van der Waals surface area contributed by atoms with Gasteiger partial charge in [-0.1, -0.05) is 42.5 Å². The molecule has 6 rings (SSSR count). The molecule has 42 heavy (non-hydrogen) atoms. The van der Waals surface area contributed by atoms with Crippen molar-refractivity contribution in [3.8, 4) is 44.3 Å². The van der Waals surface area contributed by atoms with E-state index in [1.165, 1.54) is 17.4 Å². The first-order chi connectivity index (χ1) is 20.1. The summed E-state index contributed by atoms with van der Waals surface area (Å²) in [7, 11) is 0. The van der Waals surface area contributed by atoms with Gasteiger partial charge >= 0.3 is 5.97 Å². The van der Waals surface area contributed by atoms with Gasteiger partial charge in [0.1, 0.15) is 24.0 Å². The molecule has 0 fully saturated rings. The van der Waals surface area contributed by atoms with Gasteiger partial charge in [-0.2, -0.15) is 0 Å². The SMILES string of the molecule is Cc1cc2nc(-c3cccc(-c4ccccc4F)c3)sc2c(-c2ccc3c(c2)OCCO3)c1[C@H](OC(C)(C)C)C(=O)O. The molecule has 1 atom stereocenters. The van der Waals surface area contributed by atoms with Crippen LogP contribution in [-0.4, -0.2) is 34.9 Å². The van der Waals surface area contributed by atoms with Crippen molar-refractivity contribution in [3.05, 3.63) is 89.7 Å². The number of ether oxygens (including phenoxy) is 3. The number of benzene rings is 4. The summed E-state index contributed by atoms with van der Waals surface area (Å²) in [6, 6.07) is 21.9. The van der Waals surface area contributed by atoms with E-state index in [1.807, 2.05) is 82.3 Å². The number of carboxylic acid groups (broad SMARTS) is 1. The number of carbonyl (C=O) groups is 1. The highest BCUT2D eigenvalue weighted by Crippen LogP contribution is 2.46. The quantitative estimate of drug-likeness (QED) is 0.216. The Balaban J connectivity index is 1.58. The van der Waals surface area contributed by atoms with E-state index in [0.29, 0.717) is 35.8 Å². The number of hydrogen-bond donors (Lipinski definition) is 1. The molecule has 0 amide bonds. The highest BCUT2D eigenvalue weighted by Gasteiger charge is 2.33. The van der Waals surface area contributed by atoms with Crippen LogP contribution in [0.4, 0.5) is 4.39 Å². The number of nitrogens with zero attached hydrogens (tertiary/aromatic N) is 1. The summed E-state index contributed by atoms with van der Waals surface area (Å²) in [5.41, 5.74) is 4.95. The molecule has 5 aromatic rings. The van der Waals surface area contributed by atoms with Gasteiger partial charge in [0.25, 0.3) is 0 Å². The molecular weight excluding hydrogens is 553 g/mol. The Morgan fingerprint density at radius 2 is 1.69 bits per heavy atom. The molecule has 4 aromatic carbocycles. The monoisotopic (exact) mass is 583 g/mol. The van der Waals surface area contributed by atoms with Crippen molar-refractivity contribution in [2.75, 3.05) is 13.2 Å². The average molecular weight is 584 g/mol. The second-order valence-corrected chi connectivity index (χ2v) is 12.2. The summed E-state index contributed by atoms with van der Waals surface area (Å²) in [6.07, 6.45) is -1.22. The number of aromatic nitrogens is 1. The fourth-order valence-electron chi connectivity index (χ4n) is 5.26. The molecule has 0 aliphatic carbocycles. The van der Waals surface area contributed by atoms with Gasteiger partial charge in [-0.3, -0.25) is 0 Å². The number of thiazole rings is 1. The summed E-state index contributed by atoms with van der Waals surface area (Å²) >= 11 is 1.46. The largest absolute Gasteiger partial charge is 0.486 e. The van der Waals surface area contributed by atoms with Crippen LogP contribution in [0, 0.1) is 12.7 Å². The molecule has 1 N–H and O–H groups in total. The topological polar surface area (TPSA) is 77.9 Å². The molecule has 8 heteroatoms. The summed E-state index contributed by atoms with van der Waals surface area (Å²) in [5.74, 6) is -0.122. The first-order valence-electron chi connectivity index (χ1n) is 13.7. The van der Waals surface area contributed by atoms with E-state index in [2.05, 4.69) is 0 Å². The fourth-order valence-corrected chi connectivity index (χ4v) is 6.38. The Morgan fingerprint density at radius 3 is 2.43 bits per heavy atom. The molecule has 0 unspecified atom stereocenters. The van der Waals surface area contributed by atoms with E-state index in [4.69, 9.17) is 19.2 Å². The number of fused-ring (bicyclic) bond motifs is 2. The summed E-state index contributed by atoms with van der Waals surface area (Å²) in [4.78, 5) is 17.7. The smallest absolute Gasteiger partial charge is 0.337 e. The average Bonchev–Trinajstić information content (AvgIpc) is 3.38. The van der Waals surface area contributed by atoms with E-state index in [-0.39, 0.29) is 5.82 Å². The molecule has 2 heterocycles. The third kappa shape index (κ3) is 5.35. The van der Waals surface area contributed by atoms with Gasteiger partial charge in [0.05, 0.1) is 15.8 Å². The van der Waals surface area contributed by atoms with Gasteiger partial charge in [0.15, 0.2) is 17.6 Å². The molecule has 1 aliphatic rings. The van der Waals surface area contributed by atoms with E-state index < -0.39 is 17.7 Å². The predicted molar refractivity (Wildman–Crippen MR) is 163 cm³/mol. The van der Waals surface area contributed by atoms with Gasteiger partial charge in [0, 0.05) is 22.3 Å². The van der Waals surface area contributed by atoms with Gasteiger partial charge in [-0.15, -0.1) is 11.3 Å². The molecule has 0 saturated heterocycles. The van der Waals surface area contributed by atoms with Crippen LogP contribution in [0.15, 0.2) is 72.8 Å². The minimum absolute atomic E-state index is 0.293. The molecule has 1 aromatic heterocycles. The maximum atomic E-state index is 14.6. The van der Waals surface area contributed by atoms with Crippen LogP contribution in [-0.2, 0) is 9.53 Å². The lowest BCUT2D eigenvalue weighted by Gasteiger charge is -2.28. The normalized spacial score (nSPS) is 13.7. The molecule has 0 bridgehead atoms. The molecule has 0 spiro atoms. The number of hydrogen-bond acceptors (Lipinski definition) is 6. The Labute approximate surface area is 247 Å². The Morgan fingerprint density at radius 1 is 0.952 bits per heavy atom. The molecule has 0 saturated carbocycles. The van der Waals surface area contributed by atoms with Crippen molar-refractivity contribution in [3.63, 3.8) is 0 Å². The number of aliphatic carboxylic acids is 1. The van der Waals surface area contributed by atoms with E-state index >= 15 is 0 Å². The first kappa shape index (κ1) is 27.9. The summed E-state index contributed by atoms with van der Waals surface area (Å²) in [5, 5.41) is 11.1. The van der Waals surface area contributed by atoms with Crippen LogP contribution >= 0.6 is 11.3 Å². The fraction of sp³-hybridized carbons (Fsp3) is 0.235. The minimum atomic E-state index is -1.22. The van der Waals surface area contributed by atoms with Gasteiger partial charge in [-0.25, -0.2) is 14.2 Å². The van der Waals surface area contributed by atoms with E-state index in [0.717, 1.165) is 43.0 Å². The second kappa shape index (κ2) is 10.9. The van der Waals surface area contributed by atoms with Crippen molar-refractivity contribution >= 4 is 27.5 Å².